The molecule has 12 nitrogen and oxygen atoms in total. The zero-order chi connectivity index (χ0) is 54.1. The van der Waals surface area contributed by atoms with Crippen molar-refractivity contribution >= 4 is 66.1 Å². The summed E-state index contributed by atoms with van der Waals surface area (Å²) < 4.78 is 65.2. The molecule has 1 amide bonds. The fourth-order valence-electron chi connectivity index (χ4n) is 8.73. The van der Waals surface area contributed by atoms with Gasteiger partial charge < -0.3 is 38.2 Å². The van der Waals surface area contributed by atoms with Crippen LogP contribution in [0.2, 0.25) is 0 Å². The second kappa shape index (κ2) is 27.1. The number of amides is 1. The summed E-state index contributed by atoms with van der Waals surface area (Å²) in [6.07, 6.45) is 1.91. The second-order valence-electron chi connectivity index (χ2n) is 17.6. The van der Waals surface area contributed by atoms with E-state index in [1.807, 2.05) is 152 Å². The van der Waals surface area contributed by atoms with Gasteiger partial charge in [0.2, 0.25) is 0 Å². The van der Waals surface area contributed by atoms with Crippen molar-refractivity contribution in [3.8, 4) is 33.9 Å². The first-order chi connectivity index (χ1) is 38.3. The molecule has 9 rings (SSSR count). The molecule has 78 heavy (non-hydrogen) atoms. The molecular weight excluding hydrogens is 1010 g/mol. The predicted molar refractivity (Wildman–Crippen MR) is 306 cm³/mol. The molecular formula is C62H56BF2N4O8P. The van der Waals surface area contributed by atoms with E-state index < -0.39 is 21.3 Å². The fourth-order valence-corrected chi connectivity index (χ4v) is 11.2. The minimum atomic E-state index is -2.95. The minimum Gasteiger partial charge on any atom is -0.492 e. The number of carbonyl (C=O) groups excluding carboxylic acids is 2. The predicted octanol–water partition coefficient (Wildman–Crippen LogP) is 10.6. The molecule has 0 aliphatic carbocycles. The van der Waals surface area contributed by atoms with Crippen LogP contribution in [0.1, 0.15) is 31.8 Å². The van der Waals surface area contributed by atoms with Crippen molar-refractivity contribution in [1.29, 1.82) is 0 Å². The van der Waals surface area contributed by atoms with Crippen molar-refractivity contribution in [2.24, 2.45) is 9.98 Å². The van der Waals surface area contributed by atoms with Gasteiger partial charge in [0.05, 0.1) is 58.0 Å². The number of allylic oxidation sites excluding steroid dienone is 1. The lowest BCUT2D eigenvalue weighted by Gasteiger charge is -2.22. The van der Waals surface area contributed by atoms with E-state index in [0.29, 0.717) is 95.5 Å². The highest BCUT2D eigenvalue weighted by Gasteiger charge is 2.30. The molecule has 0 saturated carbocycles. The monoisotopic (exact) mass is 1060 g/mol. The third-order valence-corrected chi connectivity index (χ3v) is 15.0. The van der Waals surface area contributed by atoms with Gasteiger partial charge in [-0.1, -0.05) is 121 Å². The summed E-state index contributed by atoms with van der Waals surface area (Å²) in [5.74, 6) is 0.657. The number of amidine groups is 1. The molecule has 7 aromatic carbocycles. The van der Waals surface area contributed by atoms with Gasteiger partial charge in [-0.3, -0.25) is 13.4 Å². The van der Waals surface area contributed by atoms with Crippen LogP contribution in [-0.2, 0) is 18.9 Å². The molecule has 1 aliphatic heterocycles. The quantitative estimate of drug-likeness (QED) is 0.0259. The normalized spacial score (nSPS) is 12.6. The summed E-state index contributed by atoms with van der Waals surface area (Å²) in [4.78, 5) is 36.8. The number of aromatic nitrogens is 1. The van der Waals surface area contributed by atoms with Gasteiger partial charge in [0, 0.05) is 40.4 Å². The number of nitrogens with one attached hydrogen (secondary N) is 1. The maximum absolute atomic E-state index is 15.6. The summed E-state index contributed by atoms with van der Waals surface area (Å²) in [6, 6.07) is 59.9. The average molecular weight is 1060 g/mol. The summed E-state index contributed by atoms with van der Waals surface area (Å²) in [5, 5.41) is 5.72. The number of hydrogen-bond donors (Lipinski definition) is 1. The molecule has 0 unspecified atom stereocenters. The van der Waals surface area contributed by atoms with Gasteiger partial charge in [-0.15, -0.1) is 0 Å². The lowest BCUT2D eigenvalue weighted by molar-refractivity contribution is 0.0180. The Morgan fingerprint density at radius 1 is 0.603 bits per heavy atom. The van der Waals surface area contributed by atoms with E-state index in [1.54, 1.807) is 55.6 Å². The maximum Gasteiger partial charge on any atom is 0.679 e. The summed E-state index contributed by atoms with van der Waals surface area (Å²) >= 11 is 0. The average Bonchev–Trinajstić information content (AvgIpc) is 4.17. The van der Waals surface area contributed by atoms with Crippen molar-refractivity contribution in [2.75, 3.05) is 67.0 Å². The van der Waals surface area contributed by atoms with Crippen LogP contribution in [0.3, 0.4) is 0 Å². The highest BCUT2D eigenvalue weighted by Crippen LogP contribution is 2.41. The molecule has 8 aromatic rings. The number of aliphatic imine (C=N–C) groups is 2. The van der Waals surface area contributed by atoms with Crippen LogP contribution in [0.5, 0.6) is 11.5 Å². The zero-order valence-corrected chi connectivity index (χ0v) is 44.0. The molecule has 1 N–H and O–H groups in total. The molecule has 16 heteroatoms. The Bertz CT molecular complexity index is 3330. The zero-order valence-electron chi connectivity index (χ0n) is 43.1. The van der Waals surface area contributed by atoms with E-state index in [9.17, 15) is 9.59 Å². The number of methoxy groups -OCH3 is 2. The Labute approximate surface area is 454 Å². The van der Waals surface area contributed by atoms with Gasteiger partial charge in [-0.05, 0) is 114 Å². The van der Waals surface area contributed by atoms with Gasteiger partial charge in [-0.2, -0.15) is 0 Å². The Kier molecular flexibility index (Phi) is 18.9. The third-order valence-electron chi connectivity index (χ3n) is 12.5. The first kappa shape index (κ1) is 54.5. The van der Waals surface area contributed by atoms with E-state index >= 15 is 8.63 Å². The highest BCUT2D eigenvalue weighted by atomic mass is 31.1. The molecule has 0 bridgehead atoms. The van der Waals surface area contributed by atoms with E-state index in [4.69, 9.17) is 38.4 Å². The van der Waals surface area contributed by atoms with Crippen LogP contribution >= 0.6 is 7.92 Å². The van der Waals surface area contributed by atoms with Crippen LogP contribution < -0.4 is 30.7 Å². The topological polar surface area (TPSA) is 131 Å². The van der Waals surface area contributed by atoms with Crippen LogP contribution in [0, 0.1) is 0 Å². The third kappa shape index (κ3) is 13.6. The molecule has 0 saturated heterocycles. The van der Waals surface area contributed by atoms with Gasteiger partial charge in [0.15, 0.2) is 5.84 Å². The van der Waals surface area contributed by atoms with Gasteiger partial charge in [0.1, 0.15) is 30.5 Å². The Morgan fingerprint density at radius 2 is 1.15 bits per heavy atom. The van der Waals surface area contributed by atoms with Crippen LogP contribution in [0.25, 0.3) is 28.0 Å². The molecule has 2 heterocycles. The number of esters is 1. The van der Waals surface area contributed by atoms with Crippen molar-refractivity contribution in [3.63, 3.8) is 0 Å². The van der Waals surface area contributed by atoms with Gasteiger partial charge in [-0.25, -0.2) is 14.8 Å². The smallest absolute Gasteiger partial charge is 0.492 e. The van der Waals surface area contributed by atoms with Crippen LogP contribution in [0.15, 0.2) is 210 Å². The number of hydrogen-bond acceptors (Lipinski definition) is 9. The van der Waals surface area contributed by atoms with E-state index in [2.05, 4.69) is 5.32 Å². The number of carbonyl (C=O) groups is 2. The lowest BCUT2D eigenvalue weighted by atomic mass is 10.0. The van der Waals surface area contributed by atoms with E-state index in [1.165, 1.54) is 7.11 Å². The summed E-state index contributed by atoms with van der Waals surface area (Å²) in [6.45, 7) is 2.92. The molecule has 1 aromatic heterocycles. The maximum atomic E-state index is 15.6. The number of ether oxygens (including phenoxy) is 6. The molecule has 0 atom stereocenters. The number of rotatable bonds is 25. The van der Waals surface area contributed by atoms with Crippen LogP contribution in [0.4, 0.5) is 14.4 Å². The number of benzene rings is 7. The Balaban J connectivity index is 0.913. The second-order valence-corrected chi connectivity index (χ2v) is 19.8. The van der Waals surface area contributed by atoms with Gasteiger partial charge in [0.25, 0.3) is 5.91 Å². The fraction of sp³-hybridized carbons (Fsp3) is 0.161. The van der Waals surface area contributed by atoms with E-state index in [0.717, 1.165) is 26.2 Å². The standard InChI is InChI=1S/C62H56BF2N4O8P/c1-72-35-36-74-37-38-75-39-40-77-50-30-25-47(26-31-50)57-43-55(45-17-9-4-10-18-45)60(69(57)63(64)65)68-59-54(44-15-7-3-8-16-44)42-56(67-59)46-23-28-49(29-24-46)76-34-33-66-61(70)48-27-32-53(62(71)73-2)58(41-48)78(51-19-11-5-12-20-51)52-21-13-6-14-22-52/h3-32,41-43H,33-40H2,1-2H3,(H,66,70)/b68-59-. The van der Waals surface area contributed by atoms with Crippen LogP contribution in [-0.4, -0.2) is 102 Å². The molecule has 0 radical (unpaired) electrons. The lowest BCUT2D eigenvalue weighted by Crippen LogP contribution is -2.30. The Morgan fingerprint density at radius 3 is 1.74 bits per heavy atom. The van der Waals surface area contributed by atoms with Gasteiger partial charge >= 0.3 is 13.4 Å². The first-order valence-electron chi connectivity index (χ1n) is 25.3. The SMILES string of the molecule is COCCOCCOCCOc1ccc(-c2cc(-c3ccccc3)c(/N=C3\N=C(c4ccc(OCCNC(=O)c5ccc(C(=O)OC)c(P(c6ccccc6)c6ccccc6)c5)cc4)C=C3c3ccccc3)n2B(F)F)cc1. The summed E-state index contributed by atoms with van der Waals surface area (Å²) in [7, 11) is -1.20. The summed E-state index contributed by atoms with van der Waals surface area (Å²) in [5.41, 5.74) is 5.65. The Hall–Kier alpha value is -8.33. The van der Waals surface area contributed by atoms with E-state index in [-0.39, 0.29) is 36.4 Å². The largest absolute Gasteiger partial charge is 0.679 e. The van der Waals surface area contributed by atoms with Crippen molar-refractivity contribution in [3.05, 3.63) is 222 Å². The molecule has 1 aliphatic rings. The molecule has 0 fully saturated rings. The highest BCUT2D eigenvalue weighted by molar-refractivity contribution is 7.80. The van der Waals surface area contributed by atoms with Crippen molar-refractivity contribution < 1.29 is 46.6 Å². The minimum absolute atomic E-state index is 0.0515. The molecule has 394 valence electrons. The first-order valence-corrected chi connectivity index (χ1v) is 26.7. The molecule has 0 spiro atoms. The number of halogens is 2. The van der Waals surface area contributed by atoms with Crippen molar-refractivity contribution in [1.82, 2.24) is 9.79 Å². The number of nitrogens with zero attached hydrogens (tertiary/aromatic N) is 3. The van der Waals surface area contributed by atoms with Crippen molar-refractivity contribution in [2.45, 2.75) is 0 Å².